The van der Waals surface area contributed by atoms with Gasteiger partial charge >= 0.3 is 0 Å². The maximum absolute atomic E-state index is 4.20. The lowest BCUT2D eigenvalue weighted by Crippen LogP contribution is -2.23. The van der Waals surface area contributed by atoms with E-state index in [1.807, 2.05) is 12.5 Å². The van der Waals surface area contributed by atoms with Crippen LogP contribution in [0.2, 0.25) is 0 Å². The largest absolute Gasteiger partial charge is 0.333 e. The highest BCUT2D eigenvalue weighted by molar-refractivity contribution is 4.98. The highest BCUT2D eigenvalue weighted by atomic mass is 15.1. The van der Waals surface area contributed by atoms with Crippen LogP contribution in [-0.4, -0.2) is 15.6 Å². The number of aryl methyl sites for hydroxylation is 1. The van der Waals surface area contributed by atoms with E-state index in [9.17, 15) is 0 Å². The molecule has 0 aliphatic rings. The molecule has 0 aliphatic heterocycles. The topological polar surface area (TPSA) is 29.9 Å². The molecule has 0 saturated carbocycles. The minimum atomic E-state index is 0.526. The molecular weight excluding hydrogens is 186 g/mol. The van der Waals surface area contributed by atoms with E-state index in [-0.39, 0.29) is 0 Å². The third-order valence-electron chi connectivity index (χ3n) is 2.44. The summed E-state index contributed by atoms with van der Waals surface area (Å²) in [5, 5.41) is 3.42. The second-order valence-corrected chi connectivity index (χ2v) is 4.80. The summed E-state index contributed by atoms with van der Waals surface area (Å²) >= 11 is 0. The normalized spacial score (nSPS) is 11.6. The first-order valence-electron chi connectivity index (χ1n) is 5.82. The van der Waals surface area contributed by atoms with Crippen LogP contribution >= 0.6 is 0 Å². The van der Waals surface area contributed by atoms with Gasteiger partial charge in [-0.05, 0) is 12.3 Å². The Hall–Kier alpha value is -0.830. The molecule has 0 spiro atoms. The average molecular weight is 209 g/mol. The summed E-state index contributed by atoms with van der Waals surface area (Å²) in [6, 6.07) is 0.526. The van der Waals surface area contributed by atoms with Gasteiger partial charge in [-0.1, -0.05) is 27.7 Å². The van der Waals surface area contributed by atoms with Crippen LogP contribution in [0.5, 0.6) is 0 Å². The van der Waals surface area contributed by atoms with Crippen molar-refractivity contribution >= 4 is 0 Å². The number of rotatable bonds is 6. The average Bonchev–Trinajstić information content (AvgIpc) is 2.58. The Kier molecular flexibility index (Phi) is 4.82. The van der Waals surface area contributed by atoms with Gasteiger partial charge in [0.1, 0.15) is 0 Å². The molecule has 0 amide bonds. The van der Waals surface area contributed by atoms with Crippen LogP contribution in [0, 0.1) is 5.92 Å². The molecule has 0 atom stereocenters. The summed E-state index contributed by atoms with van der Waals surface area (Å²) in [5.74, 6) is 0.748. The van der Waals surface area contributed by atoms with E-state index in [0.717, 1.165) is 19.0 Å². The SMILES string of the molecule is CC(C)CCn1cncc1CNC(C)C. The van der Waals surface area contributed by atoms with Gasteiger partial charge in [-0.15, -0.1) is 0 Å². The molecule has 0 bridgehead atoms. The number of aromatic nitrogens is 2. The van der Waals surface area contributed by atoms with Crippen molar-refractivity contribution in [3.63, 3.8) is 0 Å². The zero-order valence-electron chi connectivity index (χ0n) is 10.3. The molecule has 0 fully saturated rings. The number of hydrogen-bond acceptors (Lipinski definition) is 2. The molecular formula is C12H23N3. The van der Waals surface area contributed by atoms with E-state index in [4.69, 9.17) is 0 Å². The van der Waals surface area contributed by atoms with Crippen LogP contribution in [0.15, 0.2) is 12.5 Å². The lowest BCUT2D eigenvalue weighted by Gasteiger charge is -2.12. The molecule has 3 nitrogen and oxygen atoms in total. The van der Waals surface area contributed by atoms with Gasteiger partial charge in [0, 0.05) is 25.3 Å². The first-order valence-corrected chi connectivity index (χ1v) is 5.82. The molecule has 0 aliphatic carbocycles. The van der Waals surface area contributed by atoms with Crippen molar-refractivity contribution in [2.45, 2.75) is 53.2 Å². The number of nitrogens with zero attached hydrogens (tertiary/aromatic N) is 2. The fourth-order valence-corrected chi connectivity index (χ4v) is 1.40. The highest BCUT2D eigenvalue weighted by Gasteiger charge is 2.03. The van der Waals surface area contributed by atoms with Gasteiger partial charge < -0.3 is 9.88 Å². The molecule has 1 rings (SSSR count). The van der Waals surface area contributed by atoms with E-state index in [1.165, 1.54) is 12.1 Å². The molecule has 1 aromatic heterocycles. The highest BCUT2D eigenvalue weighted by Crippen LogP contribution is 2.06. The number of nitrogens with one attached hydrogen (secondary N) is 1. The monoisotopic (exact) mass is 209 g/mol. The number of imidazole rings is 1. The number of hydrogen-bond donors (Lipinski definition) is 1. The molecule has 3 heteroatoms. The van der Waals surface area contributed by atoms with Crippen molar-refractivity contribution in [1.29, 1.82) is 0 Å². The Balaban J connectivity index is 2.46. The second kappa shape index (κ2) is 5.91. The van der Waals surface area contributed by atoms with Gasteiger partial charge in [-0.2, -0.15) is 0 Å². The summed E-state index contributed by atoms with van der Waals surface area (Å²) < 4.78 is 2.25. The molecule has 0 radical (unpaired) electrons. The smallest absolute Gasteiger partial charge is 0.0948 e. The van der Waals surface area contributed by atoms with Gasteiger partial charge in [0.15, 0.2) is 0 Å². The Morgan fingerprint density at radius 1 is 1.33 bits per heavy atom. The molecule has 15 heavy (non-hydrogen) atoms. The van der Waals surface area contributed by atoms with Crippen LogP contribution in [0.25, 0.3) is 0 Å². The maximum atomic E-state index is 4.20. The third kappa shape index (κ3) is 4.47. The zero-order chi connectivity index (χ0) is 11.3. The standard InChI is InChI=1S/C12H23N3/c1-10(2)5-6-15-9-13-7-12(15)8-14-11(3)4/h7,9-11,14H,5-6,8H2,1-4H3. The van der Waals surface area contributed by atoms with Crippen LogP contribution in [0.4, 0.5) is 0 Å². The fourth-order valence-electron chi connectivity index (χ4n) is 1.40. The predicted octanol–water partition coefficient (Wildman–Crippen LogP) is 2.43. The van der Waals surface area contributed by atoms with Crippen molar-refractivity contribution in [2.24, 2.45) is 5.92 Å². The Morgan fingerprint density at radius 2 is 2.07 bits per heavy atom. The van der Waals surface area contributed by atoms with E-state index >= 15 is 0 Å². The molecule has 1 N–H and O–H groups in total. The Morgan fingerprint density at radius 3 is 2.67 bits per heavy atom. The van der Waals surface area contributed by atoms with Gasteiger partial charge in [-0.25, -0.2) is 4.98 Å². The van der Waals surface area contributed by atoms with Crippen LogP contribution in [0.1, 0.15) is 39.8 Å². The summed E-state index contributed by atoms with van der Waals surface area (Å²) in [5.41, 5.74) is 1.28. The van der Waals surface area contributed by atoms with E-state index in [0.29, 0.717) is 6.04 Å². The fraction of sp³-hybridized carbons (Fsp3) is 0.750. The minimum Gasteiger partial charge on any atom is -0.333 e. The molecule has 1 aromatic rings. The first-order chi connectivity index (χ1) is 7.09. The van der Waals surface area contributed by atoms with Crippen molar-refractivity contribution in [3.05, 3.63) is 18.2 Å². The molecule has 0 aromatic carbocycles. The van der Waals surface area contributed by atoms with E-state index in [1.54, 1.807) is 0 Å². The second-order valence-electron chi connectivity index (χ2n) is 4.80. The van der Waals surface area contributed by atoms with Gasteiger partial charge in [0.05, 0.1) is 12.0 Å². The first kappa shape index (κ1) is 12.2. The van der Waals surface area contributed by atoms with Crippen molar-refractivity contribution in [1.82, 2.24) is 14.9 Å². The lowest BCUT2D eigenvalue weighted by molar-refractivity contribution is 0.493. The van der Waals surface area contributed by atoms with Crippen LogP contribution in [0.3, 0.4) is 0 Å². The maximum Gasteiger partial charge on any atom is 0.0948 e. The van der Waals surface area contributed by atoms with Crippen molar-refractivity contribution < 1.29 is 0 Å². The summed E-state index contributed by atoms with van der Waals surface area (Å²) in [6.07, 6.45) is 5.10. The summed E-state index contributed by atoms with van der Waals surface area (Å²) in [7, 11) is 0. The molecule has 86 valence electrons. The minimum absolute atomic E-state index is 0.526. The van der Waals surface area contributed by atoms with Crippen LogP contribution in [-0.2, 0) is 13.1 Å². The van der Waals surface area contributed by atoms with Crippen molar-refractivity contribution in [2.75, 3.05) is 0 Å². The molecule has 1 heterocycles. The Bertz CT molecular complexity index is 250. The van der Waals surface area contributed by atoms with Gasteiger partial charge in [-0.3, -0.25) is 0 Å². The van der Waals surface area contributed by atoms with Crippen molar-refractivity contribution in [3.8, 4) is 0 Å². The predicted molar refractivity (Wildman–Crippen MR) is 63.7 cm³/mol. The lowest BCUT2D eigenvalue weighted by atomic mass is 10.1. The molecule has 0 saturated heterocycles. The summed E-state index contributed by atoms with van der Waals surface area (Å²) in [4.78, 5) is 4.20. The van der Waals surface area contributed by atoms with Gasteiger partial charge in [0.2, 0.25) is 0 Å². The summed E-state index contributed by atoms with van der Waals surface area (Å²) in [6.45, 7) is 10.8. The Labute approximate surface area is 92.9 Å². The molecule has 0 unspecified atom stereocenters. The van der Waals surface area contributed by atoms with Gasteiger partial charge in [0.25, 0.3) is 0 Å². The van der Waals surface area contributed by atoms with Crippen LogP contribution < -0.4 is 5.32 Å². The third-order valence-corrected chi connectivity index (χ3v) is 2.44. The quantitative estimate of drug-likeness (QED) is 0.780. The van der Waals surface area contributed by atoms with E-state index in [2.05, 4.69) is 42.6 Å². The van der Waals surface area contributed by atoms with E-state index < -0.39 is 0 Å². The zero-order valence-corrected chi connectivity index (χ0v) is 10.3.